The van der Waals surface area contributed by atoms with Crippen LogP contribution in [0.25, 0.3) is 0 Å². The molecule has 1 rings (SSSR count). The number of carbonyl (C=O) groups is 1. The summed E-state index contributed by atoms with van der Waals surface area (Å²) in [5.74, 6) is -0.0849. The van der Waals surface area contributed by atoms with Crippen LogP contribution in [-0.2, 0) is 4.79 Å². The SMILES string of the molecule is CC(C)(C)NCC(=O)Nc1ccc(Br)c(Cl)c1. The molecule has 0 aliphatic rings. The number of rotatable bonds is 3. The van der Waals surface area contributed by atoms with Crippen molar-refractivity contribution in [1.29, 1.82) is 0 Å². The van der Waals surface area contributed by atoms with Gasteiger partial charge in [0.1, 0.15) is 0 Å². The molecular weight excluding hydrogens is 304 g/mol. The van der Waals surface area contributed by atoms with Gasteiger partial charge in [-0.1, -0.05) is 11.6 Å². The maximum Gasteiger partial charge on any atom is 0.238 e. The van der Waals surface area contributed by atoms with E-state index in [0.29, 0.717) is 10.7 Å². The van der Waals surface area contributed by atoms with Gasteiger partial charge in [-0.05, 0) is 54.9 Å². The molecule has 0 bridgehead atoms. The van der Waals surface area contributed by atoms with Crippen LogP contribution in [0.3, 0.4) is 0 Å². The van der Waals surface area contributed by atoms with E-state index in [9.17, 15) is 4.79 Å². The zero-order valence-electron chi connectivity index (χ0n) is 10.1. The van der Waals surface area contributed by atoms with Gasteiger partial charge in [0.25, 0.3) is 0 Å². The van der Waals surface area contributed by atoms with E-state index in [4.69, 9.17) is 11.6 Å². The third-order valence-electron chi connectivity index (χ3n) is 1.98. The van der Waals surface area contributed by atoms with Crippen LogP contribution in [0.2, 0.25) is 5.02 Å². The van der Waals surface area contributed by atoms with Crippen molar-refractivity contribution in [1.82, 2.24) is 5.32 Å². The summed E-state index contributed by atoms with van der Waals surface area (Å²) in [6.45, 7) is 6.31. The Bertz CT molecular complexity index is 415. The molecule has 1 amide bonds. The van der Waals surface area contributed by atoms with E-state index in [0.717, 1.165) is 4.47 Å². The molecule has 1 aromatic carbocycles. The van der Waals surface area contributed by atoms with Crippen LogP contribution in [0.5, 0.6) is 0 Å². The molecule has 0 spiro atoms. The molecule has 0 heterocycles. The number of hydrogen-bond acceptors (Lipinski definition) is 2. The zero-order chi connectivity index (χ0) is 13.1. The Kier molecular flexibility index (Phi) is 4.98. The first-order valence-corrected chi connectivity index (χ1v) is 6.45. The lowest BCUT2D eigenvalue weighted by Gasteiger charge is -2.20. The maximum atomic E-state index is 11.6. The highest BCUT2D eigenvalue weighted by Crippen LogP contribution is 2.25. The van der Waals surface area contributed by atoms with Crippen LogP contribution < -0.4 is 10.6 Å². The van der Waals surface area contributed by atoms with Crippen molar-refractivity contribution in [3.05, 3.63) is 27.7 Å². The molecule has 0 saturated carbocycles. The summed E-state index contributed by atoms with van der Waals surface area (Å²) in [5.41, 5.74) is 0.619. The molecule has 0 radical (unpaired) electrons. The Morgan fingerprint density at radius 3 is 2.59 bits per heavy atom. The number of anilines is 1. The lowest BCUT2D eigenvalue weighted by Crippen LogP contribution is -2.41. The van der Waals surface area contributed by atoms with Gasteiger partial charge in [0, 0.05) is 15.7 Å². The van der Waals surface area contributed by atoms with Crippen molar-refractivity contribution in [3.63, 3.8) is 0 Å². The van der Waals surface area contributed by atoms with Gasteiger partial charge in [0.05, 0.1) is 11.6 Å². The predicted molar refractivity (Wildman–Crippen MR) is 75.5 cm³/mol. The standard InChI is InChI=1S/C12H16BrClN2O/c1-12(2,3)15-7-11(17)16-8-4-5-9(13)10(14)6-8/h4-6,15H,7H2,1-3H3,(H,16,17). The first kappa shape index (κ1) is 14.5. The maximum absolute atomic E-state index is 11.6. The van der Waals surface area contributed by atoms with Crippen LogP contribution >= 0.6 is 27.5 Å². The summed E-state index contributed by atoms with van der Waals surface area (Å²) in [4.78, 5) is 11.6. The van der Waals surface area contributed by atoms with Crippen LogP contribution in [0.15, 0.2) is 22.7 Å². The predicted octanol–water partition coefficient (Wildman–Crippen LogP) is 3.43. The fourth-order valence-corrected chi connectivity index (χ4v) is 1.55. The molecule has 94 valence electrons. The van der Waals surface area contributed by atoms with Crippen molar-refractivity contribution in [2.75, 3.05) is 11.9 Å². The van der Waals surface area contributed by atoms with Crippen molar-refractivity contribution in [2.45, 2.75) is 26.3 Å². The minimum Gasteiger partial charge on any atom is -0.325 e. The number of amides is 1. The van der Waals surface area contributed by atoms with E-state index in [2.05, 4.69) is 26.6 Å². The van der Waals surface area contributed by atoms with E-state index in [1.165, 1.54) is 0 Å². The molecular formula is C12H16BrClN2O. The Morgan fingerprint density at radius 1 is 1.41 bits per heavy atom. The summed E-state index contributed by atoms with van der Waals surface area (Å²) in [6, 6.07) is 5.31. The lowest BCUT2D eigenvalue weighted by atomic mass is 10.1. The molecule has 0 fully saturated rings. The molecule has 0 aliphatic carbocycles. The second kappa shape index (κ2) is 5.85. The third kappa shape index (κ3) is 5.52. The Balaban J connectivity index is 2.54. The number of nitrogens with one attached hydrogen (secondary N) is 2. The Labute approximate surface area is 115 Å². The topological polar surface area (TPSA) is 41.1 Å². The average Bonchev–Trinajstić information content (AvgIpc) is 2.20. The van der Waals surface area contributed by atoms with Gasteiger partial charge in [-0.2, -0.15) is 0 Å². The smallest absolute Gasteiger partial charge is 0.238 e. The summed E-state index contributed by atoms with van der Waals surface area (Å²) in [5, 5.41) is 6.46. The van der Waals surface area contributed by atoms with Crippen LogP contribution in [-0.4, -0.2) is 18.0 Å². The van der Waals surface area contributed by atoms with Crippen LogP contribution in [0, 0.1) is 0 Å². The van der Waals surface area contributed by atoms with Crippen LogP contribution in [0.1, 0.15) is 20.8 Å². The third-order valence-corrected chi connectivity index (χ3v) is 3.22. The van der Waals surface area contributed by atoms with Gasteiger partial charge in [0.2, 0.25) is 5.91 Å². The molecule has 2 N–H and O–H groups in total. The van der Waals surface area contributed by atoms with Crippen molar-refractivity contribution >= 4 is 39.1 Å². The van der Waals surface area contributed by atoms with Gasteiger partial charge < -0.3 is 10.6 Å². The van der Waals surface area contributed by atoms with Gasteiger partial charge in [0.15, 0.2) is 0 Å². The highest BCUT2D eigenvalue weighted by atomic mass is 79.9. The number of carbonyl (C=O) groups excluding carboxylic acids is 1. The van der Waals surface area contributed by atoms with Gasteiger partial charge in [-0.15, -0.1) is 0 Å². The molecule has 1 aromatic rings. The Morgan fingerprint density at radius 2 is 2.06 bits per heavy atom. The Hall–Kier alpha value is -0.580. The van der Waals surface area contributed by atoms with E-state index in [-0.39, 0.29) is 18.0 Å². The average molecular weight is 320 g/mol. The molecule has 0 aliphatic heterocycles. The molecule has 5 heteroatoms. The fraction of sp³-hybridized carbons (Fsp3) is 0.417. The summed E-state index contributed by atoms with van der Waals surface area (Å²) in [6.07, 6.45) is 0. The first-order chi connectivity index (χ1) is 7.78. The molecule has 3 nitrogen and oxygen atoms in total. The summed E-state index contributed by atoms with van der Waals surface area (Å²) < 4.78 is 0.810. The van der Waals surface area contributed by atoms with Gasteiger partial charge >= 0.3 is 0 Å². The number of hydrogen-bond donors (Lipinski definition) is 2. The van der Waals surface area contributed by atoms with E-state index >= 15 is 0 Å². The largest absolute Gasteiger partial charge is 0.325 e. The highest BCUT2D eigenvalue weighted by molar-refractivity contribution is 9.10. The molecule has 17 heavy (non-hydrogen) atoms. The molecule has 0 aromatic heterocycles. The van der Waals surface area contributed by atoms with Gasteiger partial charge in [-0.25, -0.2) is 0 Å². The minimum absolute atomic E-state index is 0.0747. The molecule has 0 unspecified atom stereocenters. The normalized spacial score (nSPS) is 11.4. The van der Waals surface area contributed by atoms with Crippen molar-refractivity contribution in [2.24, 2.45) is 0 Å². The zero-order valence-corrected chi connectivity index (χ0v) is 12.4. The van der Waals surface area contributed by atoms with Crippen molar-refractivity contribution in [3.8, 4) is 0 Å². The summed E-state index contributed by atoms with van der Waals surface area (Å²) in [7, 11) is 0. The first-order valence-electron chi connectivity index (χ1n) is 5.28. The van der Waals surface area contributed by atoms with E-state index in [1.54, 1.807) is 18.2 Å². The second-order valence-corrected chi connectivity index (χ2v) is 6.04. The minimum atomic E-state index is -0.0849. The quantitative estimate of drug-likeness (QED) is 0.896. The molecule has 0 atom stereocenters. The summed E-state index contributed by atoms with van der Waals surface area (Å²) >= 11 is 9.23. The van der Waals surface area contributed by atoms with Gasteiger partial charge in [-0.3, -0.25) is 4.79 Å². The van der Waals surface area contributed by atoms with E-state index in [1.807, 2.05) is 20.8 Å². The van der Waals surface area contributed by atoms with Crippen LogP contribution in [0.4, 0.5) is 5.69 Å². The van der Waals surface area contributed by atoms with Crippen molar-refractivity contribution < 1.29 is 4.79 Å². The molecule has 0 saturated heterocycles. The second-order valence-electron chi connectivity index (χ2n) is 4.78. The highest BCUT2D eigenvalue weighted by Gasteiger charge is 2.11. The fourth-order valence-electron chi connectivity index (χ4n) is 1.12. The number of halogens is 2. The number of benzene rings is 1. The monoisotopic (exact) mass is 318 g/mol. The van der Waals surface area contributed by atoms with E-state index < -0.39 is 0 Å². The lowest BCUT2D eigenvalue weighted by molar-refractivity contribution is -0.115.